The van der Waals surface area contributed by atoms with Crippen LogP contribution in [-0.4, -0.2) is 43.4 Å². The zero-order valence-electron chi connectivity index (χ0n) is 13.4. The van der Waals surface area contributed by atoms with Crippen molar-refractivity contribution in [3.8, 4) is 0 Å². The monoisotopic (exact) mass is 303 g/mol. The first-order chi connectivity index (χ1) is 10.6. The fourth-order valence-corrected chi connectivity index (χ4v) is 3.02. The molecule has 0 unspecified atom stereocenters. The van der Waals surface area contributed by atoms with E-state index in [1.54, 1.807) is 0 Å². The molecule has 1 aromatic rings. The van der Waals surface area contributed by atoms with Gasteiger partial charge in [-0.25, -0.2) is 0 Å². The summed E-state index contributed by atoms with van der Waals surface area (Å²) in [6.45, 7) is 2.78. The minimum absolute atomic E-state index is 0.0434. The highest BCUT2D eigenvalue weighted by Crippen LogP contribution is 2.33. The van der Waals surface area contributed by atoms with Crippen LogP contribution in [0.1, 0.15) is 36.9 Å². The van der Waals surface area contributed by atoms with Crippen molar-refractivity contribution in [2.24, 2.45) is 0 Å². The molecule has 1 aromatic carbocycles. The molecular weight excluding hydrogens is 278 g/mol. The number of carbonyl (C=O) groups is 2. The van der Waals surface area contributed by atoms with Crippen molar-refractivity contribution < 1.29 is 9.59 Å². The summed E-state index contributed by atoms with van der Waals surface area (Å²) in [4.78, 5) is 25.4. The highest BCUT2D eigenvalue weighted by molar-refractivity contribution is 5.85. The molecule has 0 fully saturated rings. The lowest BCUT2D eigenvalue weighted by Crippen LogP contribution is -2.42. The van der Waals surface area contributed by atoms with Gasteiger partial charge in [-0.05, 0) is 44.4 Å². The number of nitrogens with zero attached hydrogens (tertiary/aromatic N) is 1. The lowest BCUT2D eigenvalue weighted by atomic mass is 9.87. The van der Waals surface area contributed by atoms with Crippen molar-refractivity contribution in [1.29, 1.82) is 0 Å². The second-order valence-corrected chi connectivity index (χ2v) is 5.75. The van der Waals surface area contributed by atoms with Gasteiger partial charge in [0, 0.05) is 12.6 Å². The van der Waals surface area contributed by atoms with Gasteiger partial charge in [-0.2, -0.15) is 0 Å². The molecule has 0 spiro atoms. The Kier molecular flexibility index (Phi) is 5.95. The fraction of sp³-hybridized carbons (Fsp3) is 0.529. The second kappa shape index (κ2) is 7.94. The maximum atomic E-state index is 12.0. The van der Waals surface area contributed by atoms with E-state index in [-0.39, 0.29) is 24.4 Å². The van der Waals surface area contributed by atoms with Crippen molar-refractivity contribution in [2.75, 3.05) is 26.7 Å². The van der Waals surface area contributed by atoms with E-state index >= 15 is 0 Å². The molecule has 1 atom stereocenters. The topological polar surface area (TPSA) is 61.4 Å². The first-order valence-corrected chi connectivity index (χ1v) is 7.93. The summed E-state index contributed by atoms with van der Waals surface area (Å²) in [6.07, 6.45) is 3.33. The molecule has 2 amide bonds. The standard InChI is InChI=1S/C17H25N3O2/c1-3-18-16(21)11-19-17(22)12-20(2)15-10-6-8-13-7-4-5-9-14(13)15/h4-5,7,9,15H,3,6,8,10-12H2,1-2H3,(H,18,21)(H,19,22)/t15-/m0/s1. The van der Waals surface area contributed by atoms with Crippen LogP contribution in [0.3, 0.4) is 0 Å². The minimum atomic E-state index is -0.151. The molecule has 2 rings (SSSR count). The normalized spacial score (nSPS) is 17.0. The summed E-state index contributed by atoms with van der Waals surface area (Å²) in [5, 5.41) is 5.33. The van der Waals surface area contributed by atoms with E-state index in [9.17, 15) is 9.59 Å². The van der Waals surface area contributed by atoms with Gasteiger partial charge in [-0.3, -0.25) is 14.5 Å². The second-order valence-electron chi connectivity index (χ2n) is 5.75. The molecule has 22 heavy (non-hydrogen) atoms. The molecule has 1 aliphatic rings. The van der Waals surface area contributed by atoms with Gasteiger partial charge < -0.3 is 10.6 Å². The molecule has 5 heteroatoms. The molecule has 2 N–H and O–H groups in total. The number of amides is 2. The summed E-state index contributed by atoms with van der Waals surface area (Å²) < 4.78 is 0. The van der Waals surface area contributed by atoms with Gasteiger partial charge in [-0.1, -0.05) is 24.3 Å². The lowest BCUT2D eigenvalue weighted by Gasteiger charge is -2.32. The molecule has 120 valence electrons. The van der Waals surface area contributed by atoms with Gasteiger partial charge >= 0.3 is 0 Å². The van der Waals surface area contributed by atoms with Crippen LogP contribution in [0, 0.1) is 0 Å². The largest absolute Gasteiger partial charge is 0.355 e. The Morgan fingerprint density at radius 3 is 2.77 bits per heavy atom. The highest BCUT2D eigenvalue weighted by atomic mass is 16.2. The number of nitrogens with one attached hydrogen (secondary N) is 2. The number of hydrogen-bond donors (Lipinski definition) is 2. The summed E-state index contributed by atoms with van der Waals surface area (Å²) in [5.41, 5.74) is 2.71. The molecule has 5 nitrogen and oxygen atoms in total. The zero-order chi connectivity index (χ0) is 15.9. The summed E-state index contributed by atoms with van der Waals surface area (Å²) in [6, 6.07) is 8.73. The minimum Gasteiger partial charge on any atom is -0.355 e. The van der Waals surface area contributed by atoms with E-state index in [0.29, 0.717) is 13.1 Å². The quantitative estimate of drug-likeness (QED) is 0.831. The van der Waals surface area contributed by atoms with Crippen molar-refractivity contribution in [3.05, 3.63) is 35.4 Å². The van der Waals surface area contributed by atoms with Gasteiger partial charge in [-0.15, -0.1) is 0 Å². The highest BCUT2D eigenvalue weighted by Gasteiger charge is 2.24. The van der Waals surface area contributed by atoms with Gasteiger partial charge in [0.25, 0.3) is 0 Å². The van der Waals surface area contributed by atoms with Crippen LogP contribution in [0.25, 0.3) is 0 Å². The number of aryl methyl sites for hydroxylation is 1. The molecule has 0 heterocycles. The van der Waals surface area contributed by atoms with Crippen LogP contribution in [-0.2, 0) is 16.0 Å². The van der Waals surface area contributed by atoms with E-state index < -0.39 is 0 Å². The third-order valence-electron chi connectivity index (χ3n) is 4.08. The maximum absolute atomic E-state index is 12.0. The maximum Gasteiger partial charge on any atom is 0.239 e. The Bertz CT molecular complexity index is 530. The molecule has 0 aromatic heterocycles. The number of fused-ring (bicyclic) bond motifs is 1. The Hall–Kier alpha value is -1.88. The van der Waals surface area contributed by atoms with Crippen LogP contribution in [0.5, 0.6) is 0 Å². The average molecular weight is 303 g/mol. The van der Waals surface area contributed by atoms with Crippen LogP contribution in [0.4, 0.5) is 0 Å². The van der Waals surface area contributed by atoms with E-state index in [1.165, 1.54) is 11.1 Å². The van der Waals surface area contributed by atoms with E-state index in [2.05, 4.69) is 39.8 Å². The van der Waals surface area contributed by atoms with Crippen LogP contribution < -0.4 is 10.6 Å². The Morgan fingerprint density at radius 1 is 1.23 bits per heavy atom. The molecular formula is C17H25N3O2. The van der Waals surface area contributed by atoms with Crippen molar-refractivity contribution in [1.82, 2.24) is 15.5 Å². The van der Waals surface area contributed by atoms with Crippen LogP contribution in [0.15, 0.2) is 24.3 Å². The Balaban J connectivity index is 1.89. The number of benzene rings is 1. The molecule has 0 bridgehead atoms. The number of hydrogen-bond acceptors (Lipinski definition) is 3. The third kappa shape index (κ3) is 4.31. The molecule has 0 saturated carbocycles. The van der Waals surface area contributed by atoms with E-state index in [4.69, 9.17) is 0 Å². The number of carbonyl (C=O) groups excluding carboxylic acids is 2. The lowest BCUT2D eigenvalue weighted by molar-refractivity contribution is -0.126. The van der Waals surface area contributed by atoms with E-state index in [0.717, 1.165) is 19.3 Å². The van der Waals surface area contributed by atoms with Crippen molar-refractivity contribution in [2.45, 2.75) is 32.2 Å². The van der Waals surface area contributed by atoms with Crippen LogP contribution >= 0.6 is 0 Å². The van der Waals surface area contributed by atoms with Gasteiger partial charge in [0.2, 0.25) is 11.8 Å². The zero-order valence-corrected chi connectivity index (χ0v) is 13.4. The Labute approximate surface area is 132 Å². The molecule has 0 saturated heterocycles. The van der Waals surface area contributed by atoms with Gasteiger partial charge in [0.15, 0.2) is 0 Å². The summed E-state index contributed by atoms with van der Waals surface area (Å²) in [5.74, 6) is -0.265. The number of likely N-dealkylation sites (N-methyl/N-ethyl adjacent to an activating group) is 2. The number of rotatable bonds is 6. The average Bonchev–Trinajstić information content (AvgIpc) is 2.52. The fourth-order valence-electron chi connectivity index (χ4n) is 3.02. The molecule has 0 radical (unpaired) electrons. The van der Waals surface area contributed by atoms with Gasteiger partial charge in [0.1, 0.15) is 0 Å². The van der Waals surface area contributed by atoms with Crippen LogP contribution in [0.2, 0.25) is 0 Å². The molecule has 0 aliphatic heterocycles. The predicted molar refractivity (Wildman–Crippen MR) is 86.4 cm³/mol. The van der Waals surface area contributed by atoms with E-state index in [1.807, 2.05) is 14.0 Å². The first-order valence-electron chi connectivity index (χ1n) is 7.93. The predicted octanol–water partition coefficient (Wildman–Crippen LogP) is 1.25. The third-order valence-corrected chi connectivity index (χ3v) is 4.08. The smallest absolute Gasteiger partial charge is 0.239 e. The first kappa shape index (κ1) is 16.5. The molecule has 1 aliphatic carbocycles. The summed E-state index contributed by atoms with van der Waals surface area (Å²) >= 11 is 0. The Morgan fingerprint density at radius 2 is 2.00 bits per heavy atom. The summed E-state index contributed by atoms with van der Waals surface area (Å²) in [7, 11) is 1.97. The SMILES string of the molecule is CCNC(=O)CNC(=O)CN(C)[C@H]1CCCc2ccccc21. The van der Waals surface area contributed by atoms with Crippen molar-refractivity contribution in [3.63, 3.8) is 0 Å². The van der Waals surface area contributed by atoms with Crippen molar-refractivity contribution >= 4 is 11.8 Å². The van der Waals surface area contributed by atoms with Gasteiger partial charge in [0.05, 0.1) is 13.1 Å².